The molecule has 2 N–H and O–H groups in total. The largest absolute Gasteiger partial charge is 0.323 e. The van der Waals surface area contributed by atoms with Gasteiger partial charge in [0.15, 0.2) is 0 Å². The van der Waals surface area contributed by atoms with Crippen LogP contribution >= 0.6 is 0 Å². The molecule has 23 heavy (non-hydrogen) atoms. The third kappa shape index (κ3) is 4.09. The SMILES string of the molecule is C[C@@H]1CCC[C@H]([NH+]2CC[NH+](Cc3ccccc3[N+](=O)[O-])CC2)C1. The maximum absolute atomic E-state index is 11.1. The molecule has 1 heterocycles. The van der Waals surface area contributed by atoms with Crippen LogP contribution in [0.5, 0.6) is 0 Å². The van der Waals surface area contributed by atoms with Gasteiger partial charge in [-0.2, -0.15) is 0 Å². The van der Waals surface area contributed by atoms with Gasteiger partial charge in [-0.3, -0.25) is 10.1 Å². The summed E-state index contributed by atoms with van der Waals surface area (Å²) in [5, 5.41) is 11.1. The van der Waals surface area contributed by atoms with E-state index >= 15 is 0 Å². The normalized spacial score (nSPS) is 31.7. The summed E-state index contributed by atoms with van der Waals surface area (Å²) in [5.41, 5.74) is 1.15. The van der Waals surface area contributed by atoms with Crippen LogP contribution in [0.4, 0.5) is 5.69 Å². The molecule has 1 aromatic rings. The summed E-state index contributed by atoms with van der Waals surface area (Å²) in [6.45, 7) is 7.87. The van der Waals surface area contributed by atoms with Crippen molar-refractivity contribution in [2.45, 2.75) is 45.2 Å². The first-order chi connectivity index (χ1) is 11.1. The predicted octanol–water partition coefficient (Wildman–Crippen LogP) is 0.457. The van der Waals surface area contributed by atoms with Crippen LogP contribution in [0.15, 0.2) is 24.3 Å². The van der Waals surface area contributed by atoms with Crippen molar-refractivity contribution in [3.8, 4) is 0 Å². The second-order valence-electron chi connectivity index (χ2n) is 7.44. The van der Waals surface area contributed by atoms with Crippen LogP contribution in [0.3, 0.4) is 0 Å². The van der Waals surface area contributed by atoms with E-state index in [9.17, 15) is 10.1 Å². The molecule has 5 heteroatoms. The van der Waals surface area contributed by atoms with Crippen molar-refractivity contribution in [2.75, 3.05) is 26.2 Å². The molecule has 0 amide bonds. The van der Waals surface area contributed by atoms with Crippen molar-refractivity contribution in [1.29, 1.82) is 0 Å². The highest BCUT2D eigenvalue weighted by molar-refractivity contribution is 5.39. The Labute approximate surface area is 138 Å². The Morgan fingerprint density at radius 1 is 1.17 bits per heavy atom. The third-order valence-electron chi connectivity index (χ3n) is 5.74. The first-order valence-corrected chi connectivity index (χ1v) is 9.04. The average molecular weight is 319 g/mol. The van der Waals surface area contributed by atoms with E-state index in [4.69, 9.17) is 0 Å². The fraction of sp³-hybridized carbons (Fsp3) is 0.667. The Balaban J connectivity index is 1.54. The lowest BCUT2D eigenvalue weighted by atomic mass is 9.86. The number of piperazine rings is 1. The van der Waals surface area contributed by atoms with Crippen molar-refractivity contribution >= 4 is 5.69 Å². The molecule has 0 bridgehead atoms. The molecule has 2 aliphatic rings. The molecule has 0 aromatic heterocycles. The zero-order valence-corrected chi connectivity index (χ0v) is 14.1. The van der Waals surface area contributed by atoms with E-state index in [2.05, 4.69) is 6.92 Å². The van der Waals surface area contributed by atoms with Crippen LogP contribution in [-0.2, 0) is 6.54 Å². The molecule has 1 saturated carbocycles. The maximum Gasteiger partial charge on any atom is 0.278 e. The smallest absolute Gasteiger partial charge is 0.278 e. The van der Waals surface area contributed by atoms with Gasteiger partial charge >= 0.3 is 0 Å². The lowest BCUT2D eigenvalue weighted by molar-refractivity contribution is -1.03. The van der Waals surface area contributed by atoms with Crippen LogP contribution in [-0.4, -0.2) is 37.1 Å². The molecule has 0 unspecified atom stereocenters. The van der Waals surface area contributed by atoms with E-state index in [-0.39, 0.29) is 10.6 Å². The van der Waals surface area contributed by atoms with Crippen molar-refractivity contribution in [3.05, 3.63) is 39.9 Å². The predicted molar refractivity (Wildman–Crippen MR) is 89.6 cm³/mol. The number of nitro groups is 1. The Morgan fingerprint density at radius 3 is 2.61 bits per heavy atom. The van der Waals surface area contributed by atoms with Gasteiger partial charge in [0.2, 0.25) is 0 Å². The van der Waals surface area contributed by atoms with Crippen molar-refractivity contribution in [2.24, 2.45) is 5.92 Å². The van der Waals surface area contributed by atoms with E-state index in [1.54, 1.807) is 17.0 Å². The number of nitrogens with zero attached hydrogens (tertiary/aromatic N) is 1. The number of benzene rings is 1. The lowest BCUT2D eigenvalue weighted by Crippen LogP contribution is -3.29. The minimum absolute atomic E-state index is 0.250. The van der Waals surface area contributed by atoms with Gasteiger partial charge in [0, 0.05) is 12.5 Å². The van der Waals surface area contributed by atoms with E-state index in [1.165, 1.54) is 43.7 Å². The Kier molecular flexibility index (Phi) is 5.28. The number of nitro benzene ring substituents is 1. The molecule has 1 aliphatic heterocycles. The first kappa shape index (κ1) is 16.4. The van der Waals surface area contributed by atoms with E-state index < -0.39 is 0 Å². The van der Waals surface area contributed by atoms with Gasteiger partial charge in [-0.25, -0.2) is 0 Å². The Morgan fingerprint density at radius 2 is 1.91 bits per heavy atom. The monoisotopic (exact) mass is 319 g/mol. The van der Waals surface area contributed by atoms with Crippen molar-refractivity contribution in [1.82, 2.24) is 0 Å². The molecule has 2 fully saturated rings. The van der Waals surface area contributed by atoms with E-state index in [0.717, 1.165) is 37.2 Å². The van der Waals surface area contributed by atoms with Crippen molar-refractivity contribution < 1.29 is 14.7 Å². The fourth-order valence-corrected chi connectivity index (χ4v) is 4.42. The van der Waals surface area contributed by atoms with Crippen LogP contribution in [0, 0.1) is 16.0 Å². The number of hydrogen-bond acceptors (Lipinski definition) is 2. The number of rotatable bonds is 4. The second kappa shape index (κ2) is 7.41. The van der Waals surface area contributed by atoms with E-state index in [1.807, 2.05) is 12.1 Å². The van der Waals surface area contributed by atoms with Gasteiger partial charge in [0.05, 0.1) is 16.5 Å². The summed E-state index contributed by atoms with van der Waals surface area (Å²) in [6, 6.07) is 8.05. The summed E-state index contributed by atoms with van der Waals surface area (Å²) in [7, 11) is 0. The fourth-order valence-electron chi connectivity index (χ4n) is 4.42. The number of hydrogen-bond donors (Lipinski definition) is 2. The number of para-hydroxylation sites is 1. The van der Waals surface area contributed by atoms with Gasteiger partial charge in [0.25, 0.3) is 5.69 Å². The topological polar surface area (TPSA) is 52.0 Å². The zero-order chi connectivity index (χ0) is 16.2. The Hall–Kier alpha value is -1.46. The van der Waals surface area contributed by atoms with Crippen LogP contribution < -0.4 is 9.80 Å². The third-order valence-corrected chi connectivity index (χ3v) is 5.74. The van der Waals surface area contributed by atoms with Gasteiger partial charge in [-0.1, -0.05) is 25.5 Å². The standard InChI is InChI=1S/C18H27N3O2/c1-15-5-4-7-17(13-15)20-11-9-19(10-12-20)14-16-6-2-3-8-18(16)21(22)23/h2-3,6,8,15,17H,4-5,7,9-14H2,1H3/p+2/t15-,17+/m1/s1. The molecular formula is C18H29N3O2+2. The van der Waals surface area contributed by atoms with Crippen LogP contribution in [0.25, 0.3) is 0 Å². The molecular weight excluding hydrogens is 290 g/mol. The summed E-state index contributed by atoms with van der Waals surface area (Å²) >= 11 is 0. The molecule has 0 spiro atoms. The highest BCUT2D eigenvalue weighted by atomic mass is 16.6. The van der Waals surface area contributed by atoms with Crippen LogP contribution in [0.2, 0.25) is 0 Å². The molecule has 0 radical (unpaired) electrons. The molecule has 2 atom stereocenters. The second-order valence-corrected chi connectivity index (χ2v) is 7.44. The highest BCUT2D eigenvalue weighted by Gasteiger charge is 2.32. The molecule has 1 aromatic carbocycles. The molecule has 1 aliphatic carbocycles. The quantitative estimate of drug-likeness (QED) is 0.626. The zero-order valence-electron chi connectivity index (χ0n) is 14.1. The molecule has 3 rings (SSSR count). The first-order valence-electron chi connectivity index (χ1n) is 9.04. The van der Waals surface area contributed by atoms with Gasteiger partial charge < -0.3 is 9.80 Å². The summed E-state index contributed by atoms with van der Waals surface area (Å²) in [5.74, 6) is 0.888. The summed E-state index contributed by atoms with van der Waals surface area (Å²) < 4.78 is 0. The molecule has 5 nitrogen and oxygen atoms in total. The highest BCUT2D eigenvalue weighted by Crippen LogP contribution is 2.22. The summed E-state index contributed by atoms with van der Waals surface area (Å²) in [4.78, 5) is 14.2. The minimum atomic E-state index is -0.250. The van der Waals surface area contributed by atoms with Crippen LogP contribution in [0.1, 0.15) is 38.2 Å². The molecule has 126 valence electrons. The minimum Gasteiger partial charge on any atom is -0.323 e. The number of nitrogens with one attached hydrogen (secondary N) is 2. The van der Waals surface area contributed by atoms with Gasteiger partial charge in [-0.15, -0.1) is 0 Å². The lowest BCUT2D eigenvalue weighted by Gasteiger charge is -2.37. The Bertz CT molecular complexity index is 541. The molecule has 1 saturated heterocycles. The van der Waals surface area contributed by atoms with E-state index in [0.29, 0.717) is 0 Å². The summed E-state index contributed by atoms with van der Waals surface area (Å²) in [6.07, 6.45) is 5.56. The van der Waals surface area contributed by atoms with Gasteiger partial charge in [-0.05, 0) is 24.8 Å². The van der Waals surface area contributed by atoms with Crippen molar-refractivity contribution in [3.63, 3.8) is 0 Å². The van der Waals surface area contributed by atoms with Gasteiger partial charge in [0.1, 0.15) is 32.7 Å². The number of quaternary nitrogens is 2. The maximum atomic E-state index is 11.1. The average Bonchev–Trinajstić information content (AvgIpc) is 2.56.